The Kier molecular flexibility index (Phi) is 11.8. The lowest BCUT2D eigenvalue weighted by molar-refractivity contribution is -0.148. The molecule has 4 aliphatic carbocycles. The van der Waals surface area contributed by atoms with E-state index < -0.39 is 10.4 Å². The van der Waals surface area contributed by atoms with Crippen molar-refractivity contribution in [3.05, 3.63) is 83.4 Å². The highest BCUT2D eigenvalue weighted by atomic mass is 32.3. The van der Waals surface area contributed by atoms with E-state index >= 15 is 0 Å². The van der Waals surface area contributed by atoms with Gasteiger partial charge in [-0.25, -0.2) is 0 Å². The molecule has 6 aliphatic rings. The van der Waals surface area contributed by atoms with Crippen LogP contribution in [0.4, 0.5) is 0 Å². The molecule has 2 saturated heterocycles. The standard InChI is InChI=1S/C21H25NO.C21H30O3.H2O4S/c1-22-18-12-13-19(22)15-20(14-18)23-21(16-8-4-2-5-9-16)17-10-6-3-7-11-17;1-13(22)24-15-8-10-20(2)14(12-15)4-5-16-17-6-7-19(23)21(17,3)11-9-18(16)20;1-5(2,3)4/h2-11,18-21H,12-15H2,1H3;4,15-18H,5-12H2,1-3H3;(H2,1,2,3,4). The van der Waals surface area contributed by atoms with Crippen LogP contribution in [0.25, 0.3) is 0 Å². The molecule has 9 nitrogen and oxygen atoms in total. The van der Waals surface area contributed by atoms with E-state index in [9.17, 15) is 9.59 Å². The molecule has 52 heavy (non-hydrogen) atoms. The first-order chi connectivity index (χ1) is 24.7. The number of rotatable bonds is 5. The number of carbonyl (C=O) groups excluding carboxylic acids is 2. The number of ether oxygens (including phenoxy) is 2. The zero-order valence-electron chi connectivity index (χ0n) is 31.2. The predicted octanol–water partition coefficient (Wildman–Crippen LogP) is 8.22. The third-order valence-electron chi connectivity index (χ3n) is 13.7. The second-order valence-electron chi connectivity index (χ2n) is 16.6. The van der Waals surface area contributed by atoms with Crippen molar-refractivity contribution in [2.45, 2.75) is 128 Å². The molecule has 8 unspecified atom stereocenters. The SMILES string of the molecule is CC(=O)OC1CCC2(C)C(=CCC3C4CCC(=O)C4(C)CCC32)C1.CN1C2CCC1CC(OC(c1ccccc1)c1ccccc1)C2.O=S(=O)(O)O. The Hall–Kier alpha value is -2.89. The summed E-state index contributed by atoms with van der Waals surface area (Å²) in [6, 6.07) is 22.7. The van der Waals surface area contributed by atoms with Crippen LogP contribution in [-0.2, 0) is 29.5 Å². The zero-order chi connectivity index (χ0) is 37.3. The van der Waals surface area contributed by atoms with Gasteiger partial charge in [-0.2, -0.15) is 8.42 Å². The Bertz CT molecular complexity index is 1640. The number of piperidine rings is 1. The van der Waals surface area contributed by atoms with Crippen molar-refractivity contribution in [2.24, 2.45) is 28.6 Å². The van der Waals surface area contributed by atoms with Crippen LogP contribution in [0.2, 0.25) is 0 Å². The van der Waals surface area contributed by atoms with E-state index in [1.54, 1.807) is 0 Å². The molecule has 2 aromatic carbocycles. The van der Waals surface area contributed by atoms with Crippen molar-refractivity contribution in [3.63, 3.8) is 0 Å². The molecule has 0 spiro atoms. The summed E-state index contributed by atoms with van der Waals surface area (Å²) >= 11 is 0. The Morgan fingerprint density at radius 2 is 1.37 bits per heavy atom. The molecule has 0 amide bonds. The Morgan fingerprint density at radius 3 is 1.92 bits per heavy atom. The molecule has 2 aromatic rings. The molecular weight excluding hydrogens is 679 g/mol. The minimum absolute atomic E-state index is 0.0438. The highest BCUT2D eigenvalue weighted by molar-refractivity contribution is 7.79. The molecule has 2 bridgehead atoms. The number of nitrogens with zero attached hydrogens (tertiary/aromatic N) is 1. The summed E-state index contributed by atoms with van der Waals surface area (Å²) in [6.45, 7) is 6.19. The van der Waals surface area contributed by atoms with Gasteiger partial charge in [-0.15, -0.1) is 0 Å². The van der Waals surface area contributed by atoms with Crippen LogP contribution in [0.15, 0.2) is 72.3 Å². The minimum Gasteiger partial charge on any atom is -0.462 e. The van der Waals surface area contributed by atoms with Crippen LogP contribution in [0, 0.1) is 28.6 Å². The summed E-state index contributed by atoms with van der Waals surface area (Å²) in [5.74, 6) is 2.33. The first kappa shape index (κ1) is 38.8. The maximum Gasteiger partial charge on any atom is 0.394 e. The van der Waals surface area contributed by atoms with E-state index in [-0.39, 0.29) is 29.0 Å². The third kappa shape index (κ3) is 8.57. The number of benzene rings is 2. The van der Waals surface area contributed by atoms with Crippen molar-refractivity contribution >= 4 is 22.2 Å². The van der Waals surface area contributed by atoms with Gasteiger partial charge < -0.3 is 14.4 Å². The predicted molar refractivity (Wildman–Crippen MR) is 200 cm³/mol. The van der Waals surface area contributed by atoms with Gasteiger partial charge in [0.1, 0.15) is 18.0 Å². The van der Waals surface area contributed by atoms with E-state index in [0.29, 0.717) is 41.7 Å². The lowest BCUT2D eigenvalue weighted by Crippen LogP contribution is -2.50. The van der Waals surface area contributed by atoms with Gasteiger partial charge >= 0.3 is 16.4 Å². The number of allylic oxidation sites excluding steroid dienone is 1. The monoisotopic (exact) mass is 735 g/mol. The molecule has 2 heterocycles. The van der Waals surface area contributed by atoms with Gasteiger partial charge in [-0.3, -0.25) is 18.7 Å². The van der Waals surface area contributed by atoms with Gasteiger partial charge in [0.05, 0.1) is 6.10 Å². The summed E-state index contributed by atoms with van der Waals surface area (Å²) in [6.07, 6.45) is 16.3. The average Bonchev–Trinajstić information content (AvgIpc) is 3.50. The van der Waals surface area contributed by atoms with Crippen molar-refractivity contribution in [1.82, 2.24) is 4.90 Å². The van der Waals surface area contributed by atoms with E-state index in [1.165, 1.54) is 55.7 Å². The fourth-order valence-corrected chi connectivity index (χ4v) is 11.0. The van der Waals surface area contributed by atoms with Gasteiger partial charge in [-0.05, 0) is 106 Å². The average molecular weight is 736 g/mol. The largest absolute Gasteiger partial charge is 0.462 e. The highest BCUT2D eigenvalue weighted by Crippen LogP contribution is 2.64. The van der Waals surface area contributed by atoms with E-state index in [1.807, 2.05) is 0 Å². The maximum atomic E-state index is 12.4. The van der Waals surface area contributed by atoms with Crippen LogP contribution >= 0.6 is 0 Å². The third-order valence-corrected chi connectivity index (χ3v) is 13.7. The molecular formula is C42H57NO8S. The number of ketones is 1. The molecule has 284 valence electrons. The molecule has 8 rings (SSSR count). The molecule has 2 N–H and O–H groups in total. The number of fused-ring (bicyclic) bond motifs is 7. The molecule has 0 radical (unpaired) electrons. The van der Waals surface area contributed by atoms with E-state index in [0.717, 1.165) is 44.9 Å². The number of esters is 1. The summed E-state index contributed by atoms with van der Waals surface area (Å²) in [4.78, 5) is 26.3. The van der Waals surface area contributed by atoms with E-state index in [4.69, 9.17) is 27.0 Å². The van der Waals surface area contributed by atoms with Gasteiger partial charge in [-0.1, -0.05) is 86.2 Å². The van der Waals surface area contributed by atoms with Crippen molar-refractivity contribution in [3.8, 4) is 0 Å². The Labute approximate surface area is 310 Å². The number of hydrogen-bond acceptors (Lipinski definition) is 7. The fraction of sp³-hybridized carbons (Fsp3) is 0.619. The molecule has 8 atom stereocenters. The molecule has 10 heteroatoms. The second kappa shape index (κ2) is 15.8. The van der Waals surface area contributed by atoms with Crippen LogP contribution in [0.1, 0.15) is 115 Å². The first-order valence-electron chi connectivity index (χ1n) is 19.2. The Morgan fingerprint density at radius 1 is 0.827 bits per heavy atom. The van der Waals surface area contributed by atoms with Gasteiger partial charge in [0, 0.05) is 37.3 Å². The molecule has 2 aliphatic heterocycles. The van der Waals surface area contributed by atoms with E-state index in [2.05, 4.69) is 92.5 Å². The summed E-state index contributed by atoms with van der Waals surface area (Å²) in [5, 5.41) is 0. The maximum absolute atomic E-state index is 12.4. The molecule has 3 saturated carbocycles. The van der Waals surface area contributed by atoms with Crippen LogP contribution in [0.3, 0.4) is 0 Å². The number of Topliss-reactive ketones (excluding diaryl/α,β-unsaturated/α-hetero) is 1. The Balaban J connectivity index is 0.000000158. The first-order valence-corrected chi connectivity index (χ1v) is 20.6. The second-order valence-corrected chi connectivity index (χ2v) is 17.5. The smallest absolute Gasteiger partial charge is 0.394 e. The fourth-order valence-electron chi connectivity index (χ4n) is 11.0. The number of hydrogen-bond donors (Lipinski definition) is 2. The van der Waals surface area contributed by atoms with Gasteiger partial charge in [0.2, 0.25) is 0 Å². The normalized spacial score (nSPS) is 35.1. The van der Waals surface area contributed by atoms with Gasteiger partial charge in [0.25, 0.3) is 0 Å². The summed E-state index contributed by atoms with van der Waals surface area (Å²) < 4.78 is 43.7. The van der Waals surface area contributed by atoms with Crippen LogP contribution in [-0.4, -0.2) is 65.5 Å². The minimum atomic E-state index is -4.67. The quantitative estimate of drug-likeness (QED) is 0.177. The highest BCUT2D eigenvalue weighted by Gasteiger charge is 2.58. The number of carbonyl (C=O) groups is 2. The zero-order valence-corrected chi connectivity index (χ0v) is 32.0. The summed E-state index contributed by atoms with van der Waals surface area (Å²) in [7, 11) is -2.38. The van der Waals surface area contributed by atoms with Gasteiger partial charge in [0.15, 0.2) is 0 Å². The summed E-state index contributed by atoms with van der Waals surface area (Å²) in [5.41, 5.74) is 4.24. The lowest BCUT2D eigenvalue weighted by Gasteiger charge is -2.56. The van der Waals surface area contributed by atoms with Crippen molar-refractivity contribution in [2.75, 3.05) is 7.05 Å². The van der Waals surface area contributed by atoms with Crippen molar-refractivity contribution in [1.29, 1.82) is 0 Å². The van der Waals surface area contributed by atoms with Crippen LogP contribution in [0.5, 0.6) is 0 Å². The van der Waals surface area contributed by atoms with Crippen molar-refractivity contribution < 1.29 is 36.6 Å². The molecule has 5 fully saturated rings. The lowest BCUT2D eigenvalue weighted by atomic mass is 9.48. The molecule has 0 aromatic heterocycles. The van der Waals surface area contributed by atoms with Crippen LogP contribution < -0.4 is 0 Å². The topological polar surface area (TPSA) is 130 Å².